The minimum Gasteiger partial charge on any atom is -0.312 e. The largest absolute Gasteiger partial charge is 0.490 e. The van der Waals surface area contributed by atoms with Crippen LogP contribution in [0.2, 0.25) is 0 Å². The molecular formula is H7NO12P4. The minimum atomic E-state index is -5.71. The van der Waals surface area contributed by atoms with Gasteiger partial charge in [-0.2, -0.15) is 12.9 Å². The van der Waals surface area contributed by atoms with Crippen molar-refractivity contribution in [3.05, 3.63) is 0 Å². The average molecular weight is 337 g/mol. The maximum Gasteiger partial charge on any atom is 0.490 e. The van der Waals surface area contributed by atoms with E-state index < -0.39 is 31.2 Å². The van der Waals surface area contributed by atoms with Gasteiger partial charge in [-0.1, -0.05) is 0 Å². The first-order valence-electron chi connectivity index (χ1n) is 3.08. The van der Waals surface area contributed by atoms with E-state index in [1.165, 1.54) is 0 Å². The van der Waals surface area contributed by atoms with Gasteiger partial charge in [-0.05, 0) is 0 Å². The monoisotopic (exact) mass is 337 g/mol. The molecule has 3 unspecified atom stereocenters. The van der Waals surface area contributed by atoms with E-state index in [1.807, 2.05) is 0 Å². The predicted octanol–water partition coefficient (Wildman–Crippen LogP) is -0.611. The van der Waals surface area contributed by atoms with Gasteiger partial charge >= 0.3 is 31.2 Å². The zero-order valence-electron chi connectivity index (χ0n) is 7.46. The van der Waals surface area contributed by atoms with Gasteiger partial charge in [0, 0.05) is 0 Å². The Kier molecular flexibility index (Phi) is 5.45. The van der Waals surface area contributed by atoms with Crippen LogP contribution in [0.4, 0.5) is 0 Å². The third kappa shape index (κ3) is 10.2. The molecule has 0 radical (unpaired) electrons. The van der Waals surface area contributed by atoms with Crippen molar-refractivity contribution < 1.29 is 55.7 Å². The predicted molar refractivity (Wildman–Crippen MR) is 49.0 cm³/mol. The van der Waals surface area contributed by atoms with E-state index in [9.17, 15) is 18.3 Å². The molecule has 104 valence electrons. The van der Waals surface area contributed by atoms with Crippen LogP contribution in [0.3, 0.4) is 0 Å². The van der Waals surface area contributed by atoms with Crippen LogP contribution in [0.25, 0.3) is 0 Å². The molecular weight excluding hydrogens is 330 g/mol. The number of nitrogens with two attached hydrogens (primary N) is 1. The second-order valence-electron chi connectivity index (χ2n) is 2.24. The molecule has 0 aliphatic heterocycles. The molecule has 13 nitrogen and oxygen atoms in total. The van der Waals surface area contributed by atoms with Gasteiger partial charge in [0.2, 0.25) is 0 Å². The van der Waals surface area contributed by atoms with Gasteiger partial charge < -0.3 is 24.5 Å². The highest BCUT2D eigenvalue weighted by Crippen LogP contribution is 2.69. The Bertz CT molecular complexity index is 407. The SMILES string of the molecule is NP(=O)(O)OP(=O)(O)OP(=O)(O)OP(=O)(O)O. The van der Waals surface area contributed by atoms with E-state index in [2.05, 4.69) is 18.4 Å². The van der Waals surface area contributed by atoms with Crippen LogP contribution in [-0.4, -0.2) is 24.5 Å². The molecule has 0 aromatic heterocycles. The lowest BCUT2D eigenvalue weighted by molar-refractivity contribution is 0.204. The van der Waals surface area contributed by atoms with E-state index in [0.29, 0.717) is 0 Å². The summed E-state index contributed by atoms with van der Waals surface area (Å²) in [7, 11) is -21.9. The molecule has 0 bridgehead atoms. The molecule has 0 saturated carbocycles. The first-order valence-corrected chi connectivity index (χ1v) is 9.25. The fraction of sp³-hybridized carbons (Fsp3) is 0. The first-order chi connectivity index (χ1) is 7.12. The number of phosphoric acid groups is 3. The van der Waals surface area contributed by atoms with Crippen molar-refractivity contribution in [2.75, 3.05) is 0 Å². The lowest BCUT2D eigenvalue weighted by Gasteiger charge is -2.16. The molecule has 0 rings (SSSR count). The zero-order chi connectivity index (χ0) is 14.1. The summed E-state index contributed by atoms with van der Waals surface area (Å²) in [5, 5.41) is 0. The van der Waals surface area contributed by atoms with Gasteiger partial charge in [-0.3, -0.25) is 0 Å². The van der Waals surface area contributed by atoms with Gasteiger partial charge in [-0.15, -0.1) is 0 Å². The quantitative estimate of drug-likeness (QED) is 0.333. The molecule has 0 amide bonds. The van der Waals surface area contributed by atoms with E-state index in [4.69, 9.17) is 24.5 Å². The Morgan fingerprint density at radius 3 is 1.35 bits per heavy atom. The smallest absolute Gasteiger partial charge is 0.312 e. The van der Waals surface area contributed by atoms with Crippen LogP contribution >= 0.6 is 31.2 Å². The standard InChI is InChI=1S/H7NO12P4/c1-14(2,3)11-16(7,8)13-17(9,10)12-15(4,5)6/h(H,7,8)(H,9,10)(H3,1,2,3)(H2,4,5,6). The molecule has 0 aliphatic rings. The van der Waals surface area contributed by atoms with Crippen LogP contribution in [-0.2, 0) is 31.2 Å². The van der Waals surface area contributed by atoms with Gasteiger partial charge in [0.05, 0.1) is 0 Å². The van der Waals surface area contributed by atoms with Crippen LogP contribution in [0.5, 0.6) is 0 Å². The highest BCUT2D eigenvalue weighted by atomic mass is 31.3. The van der Waals surface area contributed by atoms with Crippen LogP contribution < -0.4 is 5.50 Å². The van der Waals surface area contributed by atoms with Crippen LogP contribution in [0.15, 0.2) is 0 Å². The fourth-order valence-electron chi connectivity index (χ4n) is 0.442. The van der Waals surface area contributed by atoms with Crippen molar-refractivity contribution >= 4 is 31.2 Å². The summed E-state index contributed by atoms with van der Waals surface area (Å²) in [6.07, 6.45) is 0. The van der Waals surface area contributed by atoms with Crippen LogP contribution in [0.1, 0.15) is 0 Å². The number of rotatable bonds is 6. The Morgan fingerprint density at radius 2 is 1.06 bits per heavy atom. The molecule has 0 aromatic rings. The van der Waals surface area contributed by atoms with Crippen molar-refractivity contribution in [3.8, 4) is 0 Å². The van der Waals surface area contributed by atoms with E-state index in [-0.39, 0.29) is 0 Å². The summed E-state index contributed by atoms with van der Waals surface area (Å²) in [6, 6.07) is 0. The highest BCUT2D eigenvalue weighted by Gasteiger charge is 2.43. The van der Waals surface area contributed by atoms with Crippen molar-refractivity contribution in [3.63, 3.8) is 0 Å². The van der Waals surface area contributed by atoms with E-state index >= 15 is 0 Å². The molecule has 17 heavy (non-hydrogen) atoms. The third-order valence-electron chi connectivity index (χ3n) is 0.636. The molecule has 17 heteroatoms. The summed E-state index contributed by atoms with van der Waals surface area (Å²) in [4.78, 5) is 41.7. The molecule has 0 heterocycles. The maximum atomic E-state index is 10.8. The van der Waals surface area contributed by atoms with Crippen molar-refractivity contribution in [2.24, 2.45) is 5.50 Å². The summed E-state index contributed by atoms with van der Waals surface area (Å²) < 4.78 is 51.6. The van der Waals surface area contributed by atoms with Gasteiger partial charge in [0.15, 0.2) is 0 Å². The van der Waals surface area contributed by atoms with E-state index in [1.54, 1.807) is 0 Å². The first kappa shape index (κ1) is 17.6. The molecule has 0 aromatic carbocycles. The summed E-state index contributed by atoms with van der Waals surface area (Å²) in [5.41, 5.74) is 4.28. The maximum absolute atomic E-state index is 10.8. The second-order valence-corrected chi connectivity index (χ2v) is 8.18. The van der Waals surface area contributed by atoms with Crippen molar-refractivity contribution in [2.45, 2.75) is 0 Å². The third-order valence-corrected chi connectivity index (χ3v) is 5.72. The van der Waals surface area contributed by atoms with Gasteiger partial charge in [0.1, 0.15) is 0 Å². The van der Waals surface area contributed by atoms with Crippen molar-refractivity contribution in [1.82, 2.24) is 0 Å². The zero-order valence-corrected chi connectivity index (χ0v) is 11.0. The topological polar surface area (TPSA) is 223 Å². The summed E-state index contributed by atoms with van der Waals surface area (Å²) >= 11 is 0. The van der Waals surface area contributed by atoms with Gasteiger partial charge in [0.25, 0.3) is 0 Å². The Balaban J connectivity index is 4.84. The second kappa shape index (κ2) is 5.28. The molecule has 0 saturated heterocycles. The molecule has 0 fully saturated rings. The lowest BCUT2D eigenvalue weighted by atomic mass is 13.9. The summed E-state index contributed by atoms with van der Waals surface area (Å²) in [6.45, 7) is 0. The molecule has 0 spiro atoms. The lowest BCUT2D eigenvalue weighted by Crippen LogP contribution is -2.00. The molecule has 3 atom stereocenters. The fourth-order valence-corrected chi connectivity index (χ4v) is 4.52. The normalized spacial score (nSPS) is 23.4. The Labute approximate surface area is 93.2 Å². The van der Waals surface area contributed by atoms with Crippen molar-refractivity contribution in [1.29, 1.82) is 0 Å². The van der Waals surface area contributed by atoms with Gasteiger partial charge in [-0.25, -0.2) is 23.8 Å². The molecule has 0 aliphatic carbocycles. The Morgan fingerprint density at radius 1 is 0.706 bits per heavy atom. The number of hydrogen-bond donors (Lipinski definition) is 6. The molecule has 7 N–H and O–H groups in total. The number of hydrogen-bond acceptors (Lipinski definition) is 7. The minimum absolute atomic E-state index is 3.11. The average Bonchev–Trinajstić information content (AvgIpc) is 1.65. The Hall–Kier alpha value is 0.560. The van der Waals surface area contributed by atoms with Crippen LogP contribution in [0, 0.1) is 0 Å². The van der Waals surface area contributed by atoms with E-state index in [0.717, 1.165) is 0 Å². The highest BCUT2D eigenvalue weighted by molar-refractivity contribution is 7.70. The summed E-state index contributed by atoms with van der Waals surface area (Å²) in [5.74, 6) is 0.